The van der Waals surface area contributed by atoms with Crippen molar-refractivity contribution in [1.29, 1.82) is 0 Å². The Morgan fingerprint density at radius 1 is 1.05 bits per heavy atom. The number of hydrogen-bond donors (Lipinski definition) is 3. The van der Waals surface area contributed by atoms with Crippen LogP contribution < -0.4 is 24.8 Å². The zero-order chi connectivity index (χ0) is 31.1. The smallest absolute Gasteiger partial charge is 0.321 e. The van der Waals surface area contributed by atoms with Gasteiger partial charge in [-0.15, -0.1) is 0 Å². The standard InChI is InChI=1S/C31H43N5O7/c1-20-16-36(21(2)18-37)30(39)14-22-13-23(32-29(38)7-6-12-34(3)4)8-10-25(22)43-28(20)17-35(5)31(40)33-24-9-11-26-27(15-24)42-19-41-26/h8-11,13,15,20-21,28,37H,6-7,12,14,16-19H2,1-5H3,(H,32,38)(H,33,40)/t20-,21-,28+/m1/s1. The van der Waals surface area contributed by atoms with E-state index in [1.807, 2.05) is 25.9 Å². The maximum atomic E-state index is 13.5. The van der Waals surface area contributed by atoms with E-state index in [1.54, 1.807) is 55.3 Å². The molecule has 2 aromatic rings. The van der Waals surface area contributed by atoms with Gasteiger partial charge < -0.3 is 44.7 Å². The maximum Gasteiger partial charge on any atom is 0.321 e. The number of fused-ring (bicyclic) bond motifs is 2. The average Bonchev–Trinajstić information content (AvgIpc) is 3.44. The number of anilines is 2. The molecule has 234 valence electrons. The monoisotopic (exact) mass is 597 g/mol. The van der Waals surface area contributed by atoms with Crippen LogP contribution in [0.1, 0.15) is 32.3 Å². The minimum Gasteiger partial charge on any atom is -0.488 e. The molecular weight excluding hydrogens is 554 g/mol. The fourth-order valence-electron chi connectivity index (χ4n) is 5.05. The van der Waals surface area contributed by atoms with Crippen molar-refractivity contribution in [3.8, 4) is 17.2 Å². The summed E-state index contributed by atoms with van der Waals surface area (Å²) >= 11 is 0. The lowest BCUT2D eigenvalue weighted by atomic mass is 10.0. The van der Waals surface area contributed by atoms with Gasteiger partial charge in [-0.05, 0) is 64.3 Å². The third kappa shape index (κ3) is 8.51. The van der Waals surface area contributed by atoms with Crippen molar-refractivity contribution in [3.63, 3.8) is 0 Å². The molecule has 2 aliphatic heterocycles. The van der Waals surface area contributed by atoms with Gasteiger partial charge in [-0.1, -0.05) is 6.92 Å². The number of aliphatic hydroxyl groups is 1. The van der Waals surface area contributed by atoms with Gasteiger partial charge in [0.1, 0.15) is 11.9 Å². The zero-order valence-electron chi connectivity index (χ0n) is 25.6. The summed E-state index contributed by atoms with van der Waals surface area (Å²) in [4.78, 5) is 44.4. The number of nitrogens with zero attached hydrogens (tertiary/aromatic N) is 3. The van der Waals surface area contributed by atoms with Gasteiger partial charge >= 0.3 is 6.03 Å². The fourth-order valence-corrected chi connectivity index (χ4v) is 5.05. The van der Waals surface area contributed by atoms with Gasteiger partial charge in [0.15, 0.2) is 11.5 Å². The number of carbonyl (C=O) groups excluding carboxylic acids is 3. The summed E-state index contributed by atoms with van der Waals surface area (Å²) in [5, 5.41) is 15.7. The van der Waals surface area contributed by atoms with E-state index in [1.165, 1.54) is 4.90 Å². The van der Waals surface area contributed by atoms with Crippen LogP contribution in [-0.2, 0) is 16.0 Å². The maximum absolute atomic E-state index is 13.5. The molecule has 0 unspecified atom stereocenters. The van der Waals surface area contributed by atoms with Crippen LogP contribution in [-0.4, -0.2) is 104 Å². The van der Waals surface area contributed by atoms with Gasteiger partial charge in [0.2, 0.25) is 18.6 Å². The second-order valence-corrected chi connectivity index (χ2v) is 11.5. The summed E-state index contributed by atoms with van der Waals surface area (Å²) < 4.78 is 17.3. The van der Waals surface area contributed by atoms with Crippen molar-refractivity contribution in [2.24, 2.45) is 5.92 Å². The lowest BCUT2D eigenvalue weighted by molar-refractivity contribution is -0.134. The van der Waals surface area contributed by atoms with Crippen LogP contribution in [0, 0.1) is 5.92 Å². The highest BCUT2D eigenvalue weighted by atomic mass is 16.7. The predicted octanol–water partition coefficient (Wildman–Crippen LogP) is 3.01. The quantitative estimate of drug-likeness (QED) is 0.381. The van der Waals surface area contributed by atoms with Crippen molar-refractivity contribution in [3.05, 3.63) is 42.0 Å². The summed E-state index contributed by atoms with van der Waals surface area (Å²) in [5.74, 6) is 1.27. The third-order valence-electron chi connectivity index (χ3n) is 7.63. The van der Waals surface area contributed by atoms with Gasteiger partial charge in [0.05, 0.1) is 25.6 Å². The van der Waals surface area contributed by atoms with Gasteiger partial charge in [0, 0.05) is 48.9 Å². The second-order valence-electron chi connectivity index (χ2n) is 11.5. The zero-order valence-corrected chi connectivity index (χ0v) is 25.6. The lowest BCUT2D eigenvalue weighted by Gasteiger charge is -2.34. The number of urea groups is 1. The van der Waals surface area contributed by atoms with Crippen LogP contribution in [0.25, 0.3) is 0 Å². The summed E-state index contributed by atoms with van der Waals surface area (Å²) in [6, 6.07) is 9.75. The molecule has 4 amide bonds. The highest BCUT2D eigenvalue weighted by molar-refractivity contribution is 5.91. The Kier molecular flexibility index (Phi) is 10.7. The van der Waals surface area contributed by atoms with Crippen molar-refractivity contribution in [1.82, 2.24) is 14.7 Å². The molecule has 2 heterocycles. The molecule has 0 aliphatic carbocycles. The number of rotatable bonds is 10. The molecule has 12 heteroatoms. The molecule has 3 N–H and O–H groups in total. The summed E-state index contributed by atoms with van der Waals surface area (Å²) in [7, 11) is 5.61. The SMILES string of the molecule is C[C@@H]1CN([C@H](C)CO)C(=O)Cc2cc(NC(=O)CCCN(C)C)ccc2O[C@H]1CN(C)C(=O)Nc1ccc2c(c1)OCO2. The number of aliphatic hydroxyl groups excluding tert-OH is 1. The van der Waals surface area contributed by atoms with E-state index in [0.717, 1.165) is 13.0 Å². The molecule has 2 aliphatic rings. The van der Waals surface area contributed by atoms with Gasteiger partial charge in [-0.3, -0.25) is 9.59 Å². The largest absolute Gasteiger partial charge is 0.488 e. The molecule has 4 rings (SSSR count). The van der Waals surface area contributed by atoms with Gasteiger partial charge in [-0.2, -0.15) is 0 Å². The first-order chi connectivity index (χ1) is 20.5. The molecule has 43 heavy (non-hydrogen) atoms. The average molecular weight is 598 g/mol. The highest BCUT2D eigenvalue weighted by Gasteiger charge is 2.32. The van der Waals surface area contributed by atoms with E-state index < -0.39 is 12.1 Å². The first-order valence-corrected chi connectivity index (χ1v) is 14.6. The molecule has 0 radical (unpaired) electrons. The van der Waals surface area contributed by atoms with Crippen molar-refractivity contribution >= 4 is 29.2 Å². The number of ether oxygens (including phenoxy) is 3. The Hall–Kier alpha value is -4.03. The molecule has 0 fully saturated rings. The number of likely N-dealkylation sites (N-methyl/N-ethyl adjacent to an activating group) is 1. The van der Waals surface area contributed by atoms with Crippen molar-refractivity contribution in [2.75, 3.05) is 64.8 Å². The van der Waals surface area contributed by atoms with Crippen LogP contribution in [0.4, 0.5) is 16.2 Å². The van der Waals surface area contributed by atoms with E-state index in [9.17, 15) is 19.5 Å². The molecule has 12 nitrogen and oxygen atoms in total. The van der Waals surface area contributed by atoms with E-state index in [-0.39, 0.29) is 50.1 Å². The van der Waals surface area contributed by atoms with Gasteiger partial charge in [0.25, 0.3) is 0 Å². The number of hydrogen-bond acceptors (Lipinski definition) is 8. The van der Waals surface area contributed by atoms with Crippen LogP contribution >= 0.6 is 0 Å². The molecule has 3 atom stereocenters. The third-order valence-corrected chi connectivity index (χ3v) is 7.63. The van der Waals surface area contributed by atoms with Crippen LogP contribution in [0.3, 0.4) is 0 Å². The predicted molar refractivity (Wildman–Crippen MR) is 163 cm³/mol. The highest BCUT2D eigenvalue weighted by Crippen LogP contribution is 2.34. The second kappa shape index (κ2) is 14.4. The molecule has 0 saturated carbocycles. The van der Waals surface area contributed by atoms with Crippen LogP contribution in [0.5, 0.6) is 17.2 Å². The minimum absolute atomic E-state index is 0.0455. The Balaban J connectivity index is 1.51. The van der Waals surface area contributed by atoms with Crippen LogP contribution in [0.15, 0.2) is 36.4 Å². The first-order valence-electron chi connectivity index (χ1n) is 14.6. The van der Waals surface area contributed by atoms with E-state index in [2.05, 4.69) is 10.6 Å². The van der Waals surface area contributed by atoms with E-state index in [4.69, 9.17) is 14.2 Å². The van der Waals surface area contributed by atoms with Crippen LogP contribution in [0.2, 0.25) is 0 Å². The summed E-state index contributed by atoms with van der Waals surface area (Å²) in [6.07, 6.45) is 0.683. The normalized spacial score (nSPS) is 18.6. The first kappa shape index (κ1) is 31.9. The molecule has 0 bridgehead atoms. The Morgan fingerprint density at radius 2 is 1.74 bits per heavy atom. The van der Waals surface area contributed by atoms with E-state index >= 15 is 0 Å². The number of benzene rings is 2. The Bertz CT molecular complexity index is 1300. The summed E-state index contributed by atoms with van der Waals surface area (Å²) in [6.45, 7) is 5.10. The topological polar surface area (TPSA) is 133 Å². The Labute approximate surface area is 252 Å². The summed E-state index contributed by atoms with van der Waals surface area (Å²) in [5.41, 5.74) is 1.77. The molecular formula is C31H43N5O7. The lowest BCUT2D eigenvalue weighted by Crippen LogP contribution is -2.48. The number of amides is 4. The van der Waals surface area contributed by atoms with E-state index in [0.29, 0.717) is 47.2 Å². The minimum atomic E-state index is -0.475. The van der Waals surface area contributed by atoms with Crippen molar-refractivity contribution < 1.29 is 33.7 Å². The molecule has 0 spiro atoms. The molecule has 0 saturated heterocycles. The molecule has 0 aromatic heterocycles. The van der Waals surface area contributed by atoms with Crippen molar-refractivity contribution in [2.45, 2.75) is 45.3 Å². The van der Waals surface area contributed by atoms with Gasteiger partial charge in [-0.25, -0.2) is 4.79 Å². The number of nitrogens with one attached hydrogen (secondary N) is 2. The molecule has 2 aromatic carbocycles. The Morgan fingerprint density at radius 3 is 2.47 bits per heavy atom. The number of carbonyl (C=O) groups is 3. The fraction of sp³-hybridized carbons (Fsp3) is 0.516.